The van der Waals surface area contributed by atoms with E-state index in [1.165, 1.54) is 0 Å². The molecule has 32 heavy (non-hydrogen) atoms. The highest BCUT2D eigenvalue weighted by Gasteiger charge is 2.41. The van der Waals surface area contributed by atoms with Gasteiger partial charge < -0.3 is 23.3 Å². The van der Waals surface area contributed by atoms with Crippen molar-refractivity contribution in [2.24, 2.45) is 0 Å². The molecule has 0 spiro atoms. The summed E-state index contributed by atoms with van der Waals surface area (Å²) >= 11 is 0. The molecule has 1 aliphatic heterocycles. The van der Waals surface area contributed by atoms with Gasteiger partial charge in [0.2, 0.25) is 0 Å². The second-order valence-corrected chi connectivity index (χ2v) is 7.95. The Bertz CT molecular complexity index is 842. The highest BCUT2D eigenvalue weighted by molar-refractivity contribution is 7.41. The summed E-state index contributed by atoms with van der Waals surface area (Å²) in [7, 11) is -1.61. The first-order chi connectivity index (χ1) is 15.6. The third-order valence-electron chi connectivity index (χ3n) is 4.49. The molecule has 3 rings (SSSR count). The van der Waals surface area contributed by atoms with Gasteiger partial charge in [-0.25, -0.2) is 9.59 Å². The van der Waals surface area contributed by atoms with Crippen LogP contribution in [0.25, 0.3) is 0 Å². The minimum absolute atomic E-state index is 0.0957. The fourth-order valence-corrected chi connectivity index (χ4v) is 3.96. The largest absolute Gasteiger partial charge is 0.459 e. The molecular weight excluding hydrogens is 435 g/mol. The molecule has 0 radical (unpaired) electrons. The van der Waals surface area contributed by atoms with E-state index in [4.69, 9.17) is 27.8 Å². The van der Waals surface area contributed by atoms with Crippen molar-refractivity contribution in [3.63, 3.8) is 0 Å². The second-order valence-electron chi connectivity index (χ2n) is 6.78. The lowest BCUT2D eigenvalue weighted by molar-refractivity contribution is -0.103. The Morgan fingerprint density at radius 3 is 2.03 bits per heavy atom. The zero-order valence-corrected chi connectivity index (χ0v) is 18.9. The van der Waals surface area contributed by atoms with E-state index in [0.717, 1.165) is 0 Å². The second kappa shape index (κ2) is 12.6. The first kappa shape index (κ1) is 24.3. The Balaban J connectivity index is 1.65. The molecule has 0 saturated carbocycles. The maximum Gasteiger partial charge on any atom is 0.338 e. The summed E-state index contributed by atoms with van der Waals surface area (Å²) in [5.41, 5.74) is 0.843. The molecule has 2 aromatic carbocycles. The van der Waals surface area contributed by atoms with Crippen molar-refractivity contribution in [1.29, 1.82) is 0 Å². The summed E-state index contributed by atoms with van der Waals surface area (Å²) in [5, 5.41) is 0. The van der Waals surface area contributed by atoms with Crippen LogP contribution in [0.2, 0.25) is 0 Å². The molecule has 172 valence electrons. The number of hydrogen-bond donors (Lipinski definition) is 0. The fraction of sp³-hybridized carbons (Fsp3) is 0.391. The SMILES string of the molecule is CCOP(OCC)OC1C[C@H](OC(=O)c2ccccc2)[C@@H](COC(=O)c2ccccc2)O1. The minimum atomic E-state index is -1.61. The van der Waals surface area contributed by atoms with Gasteiger partial charge in [0, 0.05) is 6.42 Å². The average molecular weight is 462 g/mol. The lowest BCUT2D eigenvalue weighted by atomic mass is 10.1. The van der Waals surface area contributed by atoms with Crippen LogP contribution < -0.4 is 0 Å². The zero-order valence-electron chi connectivity index (χ0n) is 18.0. The number of esters is 2. The topological polar surface area (TPSA) is 89.5 Å². The fourth-order valence-electron chi connectivity index (χ4n) is 3.02. The van der Waals surface area contributed by atoms with Gasteiger partial charge in [-0.3, -0.25) is 4.52 Å². The van der Waals surface area contributed by atoms with E-state index in [-0.39, 0.29) is 13.0 Å². The molecule has 0 amide bonds. The summed E-state index contributed by atoms with van der Waals surface area (Å²) in [6, 6.07) is 17.3. The quantitative estimate of drug-likeness (QED) is 0.356. The van der Waals surface area contributed by atoms with Crippen LogP contribution in [0.15, 0.2) is 60.7 Å². The van der Waals surface area contributed by atoms with E-state index < -0.39 is 39.0 Å². The Morgan fingerprint density at radius 2 is 1.47 bits per heavy atom. The van der Waals surface area contributed by atoms with E-state index >= 15 is 0 Å². The monoisotopic (exact) mass is 462 g/mol. The number of hydrogen-bond acceptors (Lipinski definition) is 8. The first-order valence-corrected chi connectivity index (χ1v) is 11.6. The number of carbonyl (C=O) groups is 2. The Labute approximate surface area is 188 Å². The van der Waals surface area contributed by atoms with Crippen LogP contribution in [0, 0.1) is 0 Å². The summed E-state index contributed by atoms with van der Waals surface area (Å²) < 4.78 is 33.7. The van der Waals surface area contributed by atoms with Crippen LogP contribution in [0.4, 0.5) is 0 Å². The van der Waals surface area contributed by atoms with Crippen molar-refractivity contribution < 1.29 is 37.4 Å². The molecule has 1 heterocycles. The predicted molar refractivity (Wildman–Crippen MR) is 117 cm³/mol. The zero-order chi connectivity index (χ0) is 22.8. The maximum atomic E-state index is 12.6. The van der Waals surface area contributed by atoms with Gasteiger partial charge in [-0.1, -0.05) is 36.4 Å². The smallest absolute Gasteiger partial charge is 0.338 e. The van der Waals surface area contributed by atoms with Crippen LogP contribution in [-0.4, -0.2) is 50.3 Å². The Morgan fingerprint density at radius 1 is 0.906 bits per heavy atom. The molecule has 3 atom stereocenters. The molecule has 1 saturated heterocycles. The minimum Gasteiger partial charge on any atom is -0.459 e. The molecule has 2 aromatic rings. The van der Waals surface area contributed by atoms with Crippen molar-refractivity contribution in [2.75, 3.05) is 19.8 Å². The highest BCUT2D eigenvalue weighted by atomic mass is 31.2. The van der Waals surface area contributed by atoms with Crippen molar-refractivity contribution in [2.45, 2.75) is 38.8 Å². The van der Waals surface area contributed by atoms with Gasteiger partial charge in [0.15, 0.2) is 6.29 Å². The van der Waals surface area contributed by atoms with Crippen molar-refractivity contribution in [3.05, 3.63) is 71.8 Å². The first-order valence-electron chi connectivity index (χ1n) is 10.5. The normalized spacial score (nSPS) is 20.3. The molecule has 0 aliphatic carbocycles. The van der Waals surface area contributed by atoms with Crippen LogP contribution in [0.1, 0.15) is 41.0 Å². The molecule has 8 nitrogen and oxygen atoms in total. The lowest BCUT2D eigenvalue weighted by Gasteiger charge is -2.19. The summed E-state index contributed by atoms with van der Waals surface area (Å²) in [5.74, 6) is -0.978. The third kappa shape index (κ3) is 7.08. The van der Waals surface area contributed by atoms with E-state index in [1.54, 1.807) is 48.5 Å². The van der Waals surface area contributed by atoms with Crippen LogP contribution in [0.5, 0.6) is 0 Å². The molecule has 1 unspecified atom stereocenters. The summed E-state index contributed by atoms with van der Waals surface area (Å²) in [6.45, 7) is 4.42. The standard InChI is InChI=1S/C23H27O8P/c1-3-27-32(28-4-2)31-21-15-19(30-23(25)18-13-9-6-10-14-18)20(29-21)16-26-22(24)17-11-7-5-8-12-17/h5-14,19-21H,3-4,15-16H2,1-2H3/t19-,20+,21?/m0/s1. The molecule has 1 aliphatic rings. The number of rotatable bonds is 11. The molecule has 0 aromatic heterocycles. The lowest BCUT2D eigenvalue weighted by Crippen LogP contribution is -2.32. The van der Waals surface area contributed by atoms with Crippen molar-refractivity contribution >= 4 is 20.5 Å². The van der Waals surface area contributed by atoms with Crippen LogP contribution in [-0.2, 0) is 27.8 Å². The molecule has 1 fully saturated rings. The number of carbonyl (C=O) groups excluding carboxylic acids is 2. The van der Waals surface area contributed by atoms with Crippen molar-refractivity contribution in [3.8, 4) is 0 Å². The number of benzene rings is 2. The van der Waals surface area contributed by atoms with Gasteiger partial charge in [-0.15, -0.1) is 0 Å². The summed E-state index contributed by atoms with van der Waals surface area (Å²) in [4.78, 5) is 24.9. The van der Waals surface area contributed by atoms with E-state index in [1.807, 2.05) is 26.0 Å². The van der Waals surface area contributed by atoms with Crippen LogP contribution in [0.3, 0.4) is 0 Å². The van der Waals surface area contributed by atoms with E-state index in [0.29, 0.717) is 24.3 Å². The summed E-state index contributed by atoms with van der Waals surface area (Å²) in [6.07, 6.45) is -1.84. The van der Waals surface area contributed by atoms with Gasteiger partial charge in [0.05, 0.1) is 24.3 Å². The van der Waals surface area contributed by atoms with Crippen LogP contribution >= 0.6 is 8.60 Å². The maximum absolute atomic E-state index is 12.6. The molecule has 9 heteroatoms. The number of ether oxygens (including phenoxy) is 3. The van der Waals surface area contributed by atoms with Gasteiger partial charge >= 0.3 is 20.5 Å². The molecule has 0 N–H and O–H groups in total. The third-order valence-corrected chi connectivity index (χ3v) is 5.84. The molecular formula is C23H27O8P. The van der Waals surface area contributed by atoms with E-state index in [2.05, 4.69) is 0 Å². The Hall–Kier alpha value is -2.35. The van der Waals surface area contributed by atoms with Gasteiger partial charge in [0.25, 0.3) is 0 Å². The highest BCUT2D eigenvalue weighted by Crippen LogP contribution is 2.43. The Kier molecular flexibility index (Phi) is 9.59. The average Bonchev–Trinajstić information content (AvgIpc) is 3.19. The predicted octanol–water partition coefficient (Wildman–Crippen LogP) is 4.50. The molecule has 0 bridgehead atoms. The van der Waals surface area contributed by atoms with Gasteiger partial charge in [0.1, 0.15) is 18.8 Å². The van der Waals surface area contributed by atoms with Gasteiger partial charge in [-0.2, -0.15) is 0 Å². The van der Waals surface area contributed by atoms with Gasteiger partial charge in [-0.05, 0) is 38.1 Å². The van der Waals surface area contributed by atoms with Crippen molar-refractivity contribution in [1.82, 2.24) is 0 Å². The van der Waals surface area contributed by atoms with E-state index in [9.17, 15) is 9.59 Å².